The van der Waals surface area contributed by atoms with Crippen molar-refractivity contribution < 1.29 is 25.6 Å². The summed E-state index contributed by atoms with van der Waals surface area (Å²) in [6, 6.07) is 29.5. The van der Waals surface area contributed by atoms with Crippen molar-refractivity contribution in [1.29, 1.82) is 0 Å². The summed E-state index contributed by atoms with van der Waals surface area (Å²) in [4.78, 5) is 10.1. The second-order valence-corrected chi connectivity index (χ2v) is 13.6. The largest absolute Gasteiger partial charge is 0.658 e. The quantitative estimate of drug-likeness (QED) is 0.115. The van der Waals surface area contributed by atoms with Crippen molar-refractivity contribution in [1.82, 2.24) is 19.1 Å². The van der Waals surface area contributed by atoms with Crippen molar-refractivity contribution in [3.63, 3.8) is 0 Å². The maximum absolute atomic E-state index is 5.26. The first-order valence-corrected chi connectivity index (χ1v) is 15.6. The van der Waals surface area contributed by atoms with Crippen LogP contribution < -0.4 is 9.55 Å². The first-order chi connectivity index (χ1) is 20.9. The van der Waals surface area contributed by atoms with Gasteiger partial charge in [0.25, 0.3) is 0 Å². The van der Waals surface area contributed by atoms with Gasteiger partial charge in [0.05, 0.1) is 23.8 Å². The molecule has 0 aliphatic heterocycles. The van der Waals surface area contributed by atoms with Gasteiger partial charge < -0.3 is 18.7 Å². The number of hydrogen-bond donors (Lipinski definition) is 0. The fraction of sp³-hybridized carbons (Fsp3) is 0.333. The molecule has 45 heavy (non-hydrogen) atoms. The van der Waals surface area contributed by atoms with Crippen molar-refractivity contribution in [2.75, 3.05) is 0 Å². The number of rotatable bonds is 8. The van der Waals surface area contributed by atoms with Gasteiger partial charge in [-0.15, -0.1) is 0 Å². The van der Waals surface area contributed by atoms with Gasteiger partial charge in [0.15, 0.2) is 0 Å². The molecule has 6 rings (SSSR count). The van der Waals surface area contributed by atoms with Crippen LogP contribution >= 0.6 is 0 Å². The summed E-state index contributed by atoms with van der Waals surface area (Å²) in [5.41, 5.74) is 9.56. The number of aryl methyl sites for hydroxylation is 1. The number of benzene rings is 3. The zero-order valence-electron chi connectivity index (χ0n) is 27.8. The fourth-order valence-electron chi connectivity index (χ4n) is 6.29. The van der Waals surface area contributed by atoms with E-state index in [9.17, 15) is 0 Å². The van der Waals surface area contributed by atoms with E-state index in [0.717, 1.165) is 39.5 Å². The molecule has 0 N–H and O–H groups in total. The zero-order valence-corrected chi connectivity index (χ0v) is 30.1. The van der Waals surface area contributed by atoms with E-state index < -0.39 is 0 Å². The Balaban J connectivity index is 0.00000400. The van der Waals surface area contributed by atoms with Crippen LogP contribution in [-0.2, 0) is 38.9 Å². The fourth-order valence-corrected chi connectivity index (χ4v) is 6.29. The summed E-state index contributed by atoms with van der Waals surface area (Å²) in [5, 5.41) is 0. The van der Waals surface area contributed by atoms with Crippen LogP contribution in [0.2, 0.25) is 0 Å². The second-order valence-electron chi connectivity index (χ2n) is 13.6. The average molecular weight is 777 g/mol. The van der Waals surface area contributed by atoms with E-state index >= 15 is 0 Å². The summed E-state index contributed by atoms with van der Waals surface area (Å²) >= 11 is 0. The van der Waals surface area contributed by atoms with Gasteiger partial charge in [0, 0.05) is 33.5 Å². The maximum atomic E-state index is 5.26. The molecule has 0 spiro atoms. The van der Waals surface area contributed by atoms with Gasteiger partial charge in [-0.3, -0.25) is 0 Å². The van der Waals surface area contributed by atoms with E-state index in [2.05, 4.69) is 156 Å². The number of fused-ring (bicyclic) bond motifs is 1. The standard InChI is InChI=1S/C39H43N5.Pt/c1-26(2)30-16-13-17-31(27(3)4)36(30)43-23-22-40-37(43)32-20-21-35(41-32)39(7,8)38(5,6)28-14-12-15-29(24-28)44-25-42(9)33-18-10-11-19-34(33)44;/h10-23,26-27H,1-9H3;/q-2;. The van der Waals surface area contributed by atoms with Crippen LogP contribution in [0.5, 0.6) is 0 Å². The number of nitrogens with zero attached hydrogens (tertiary/aromatic N) is 5. The van der Waals surface area contributed by atoms with Crippen molar-refractivity contribution in [3.8, 4) is 22.9 Å². The number of aromatic nitrogens is 5. The summed E-state index contributed by atoms with van der Waals surface area (Å²) in [6.07, 6.45) is 7.43. The molecule has 6 heteroatoms. The molecule has 0 fully saturated rings. The molecule has 3 heterocycles. The molecule has 0 radical (unpaired) electrons. The SMILES string of the molecule is CC(C)c1cccc(C(C)C)c1-n1ccnc1-c1ccc(C(C)(C)C(C)(C)c2[c-]c(-[n+]3[c-]n(C)c4ccccc43)ccc2)[n-]1.[Pt]. The molecule has 0 unspecified atom stereocenters. The van der Waals surface area contributed by atoms with E-state index in [1.54, 1.807) is 0 Å². The van der Waals surface area contributed by atoms with Gasteiger partial charge in [0.2, 0.25) is 6.33 Å². The molecule has 5 nitrogen and oxygen atoms in total. The molecular formula is C39H43N5Pt-2. The van der Waals surface area contributed by atoms with Crippen molar-refractivity contribution >= 4 is 11.0 Å². The topological polar surface area (TPSA) is 40.7 Å². The summed E-state index contributed by atoms with van der Waals surface area (Å²) < 4.78 is 6.37. The first-order valence-electron chi connectivity index (χ1n) is 15.6. The van der Waals surface area contributed by atoms with Gasteiger partial charge >= 0.3 is 0 Å². The summed E-state index contributed by atoms with van der Waals surface area (Å²) in [7, 11) is 2.03. The Bertz CT molecular complexity index is 1920. The molecule has 0 aliphatic carbocycles. The number of hydrogen-bond acceptors (Lipinski definition) is 1. The Morgan fingerprint density at radius 2 is 1.47 bits per heavy atom. The number of para-hydroxylation sites is 3. The third-order valence-corrected chi connectivity index (χ3v) is 9.72. The molecule has 0 atom stereocenters. The predicted molar refractivity (Wildman–Crippen MR) is 179 cm³/mol. The first kappa shape index (κ1) is 32.7. The van der Waals surface area contributed by atoms with Crippen LogP contribution in [-0.4, -0.2) is 14.1 Å². The van der Waals surface area contributed by atoms with E-state index in [1.165, 1.54) is 16.8 Å². The molecule has 0 bridgehead atoms. The van der Waals surface area contributed by atoms with Crippen LogP contribution in [0.1, 0.15) is 89.6 Å². The van der Waals surface area contributed by atoms with Crippen LogP contribution in [0, 0.1) is 12.4 Å². The van der Waals surface area contributed by atoms with Gasteiger partial charge in [-0.1, -0.05) is 121 Å². The molecule has 236 valence electrons. The maximum Gasteiger partial charge on any atom is 0.242 e. The van der Waals surface area contributed by atoms with E-state index in [1.807, 2.05) is 17.8 Å². The summed E-state index contributed by atoms with van der Waals surface area (Å²) in [6.45, 7) is 18.2. The molecule has 6 aromatic rings. The number of imidazole rings is 2. The Hall–Kier alpha value is -3.69. The predicted octanol–water partition coefficient (Wildman–Crippen LogP) is 8.36. The van der Waals surface area contributed by atoms with Crippen LogP contribution in [0.4, 0.5) is 0 Å². The van der Waals surface area contributed by atoms with Crippen molar-refractivity contribution in [3.05, 3.63) is 120 Å². The molecule has 3 aromatic carbocycles. The minimum atomic E-state index is -0.302. The Kier molecular flexibility index (Phi) is 8.90. The van der Waals surface area contributed by atoms with Gasteiger partial charge in [0.1, 0.15) is 5.82 Å². The molecule has 0 saturated heterocycles. The second kappa shape index (κ2) is 12.2. The summed E-state index contributed by atoms with van der Waals surface area (Å²) in [5.74, 6) is 1.65. The van der Waals surface area contributed by atoms with E-state index in [4.69, 9.17) is 9.97 Å². The molecule has 3 aromatic heterocycles. The van der Waals surface area contributed by atoms with Crippen LogP contribution in [0.15, 0.2) is 85.2 Å². The zero-order chi connectivity index (χ0) is 31.4. The van der Waals surface area contributed by atoms with Crippen molar-refractivity contribution in [2.24, 2.45) is 7.05 Å². The minimum Gasteiger partial charge on any atom is -0.658 e. The third kappa shape index (κ3) is 5.54. The van der Waals surface area contributed by atoms with Gasteiger partial charge in [-0.25, -0.2) is 4.98 Å². The van der Waals surface area contributed by atoms with Crippen LogP contribution in [0.3, 0.4) is 0 Å². The normalized spacial score (nSPS) is 12.3. The third-order valence-electron chi connectivity index (χ3n) is 9.72. The Morgan fingerprint density at radius 3 is 2.16 bits per heavy atom. The molecule has 0 amide bonds. The van der Waals surface area contributed by atoms with Gasteiger partial charge in [-0.2, -0.15) is 35.5 Å². The minimum absolute atomic E-state index is 0. The van der Waals surface area contributed by atoms with Crippen molar-refractivity contribution in [2.45, 2.75) is 78.1 Å². The van der Waals surface area contributed by atoms with E-state index in [0.29, 0.717) is 11.8 Å². The monoisotopic (exact) mass is 776 g/mol. The Labute approximate surface area is 282 Å². The van der Waals surface area contributed by atoms with Crippen LogP contribution in [0.25, 0.3) is 33.9 Å². The average Bonchev–Trinajstić information content (AvgIpc) is 3.76. The smallest absolute Gasteiger partial charge is 0.242 e. The molecular weight excluding hydrogens is 734 g/mol. The van der Waals surface area contributed by atoms with Gasteiger partial charge in [-0.05, 0) is 33.8 Å². The molecule has 0 aliphatic rings. The molecule has 0 saturated carbocycles. The van der Waals surface area contributed by atoms with E-state index in [-0.39, 0.29) is 31.9 Å². The Morgan fingerprint density at radius 1 is 0.800 bits per heavy atom.